The fourth-order valence-electron chi connectivity index (χ4n) is 1.29. The molecule has 2 heterocycles. The molecule has 6 nitrogen and oxygen atoms in total. The molecule has 6 heteroatoms. The predicted octanol–water partition coefficient (Wildman–Crippen LogP) is 1.11. The van der Waals surface area contributed by atoms with E-state index in [0.717, 1.165) is 0 Å². The Morgan fingerprint density at radius 3 is 3.12 bits per heavy atom. The summed E-state index contributed by atoms with van der Waals surface area (Å²) in [7, 11) is 0. The zero-order chi connectivity index (χ0) is 12.1. The first-order valence-electron chi connectivity index (χ1n) is 5.24. The largest absolute Gasteiger partial charge is 0.337 e. The third kappa shape index (κ3) is 2.94. The first kappa shape index (κ1) is 11.4. The molecule has 0 atom stereocenters. The molecular formula is C11H13N5O. The quantitative estimate of drug-likeness (QED) is 0.613. The number of hydrogen-bond acceptors (Lipinski definition) is 6. The average Bonchev–Trinajstić information content (AvgIpc) is 2.78. The minimum atomic E-state index is 0.478. The lowest BCUT2D eigenvalue weighted by atomic mass is 10.4. The fraction of sp³-hybridized carbons (Fsp3) is 0.273. The van der Waals surface area contributed by atoms with Crippen molar-refractivity contribution in [1.29, 1.82) is 0 Å². The van der Waals surface area contributed by atoms with Gasteiger partial charge in [-0.2, -0.15) is 4.98 Å². The monoisotopic (exact) mass is 231 g/mol. The Balaban J connectivity index is 2.10. The number of nitrogens with one attached hydrogen (secondary N) is 1. The zero-order valence-corrected chi connectivity index (χ0v) is 9.55. The van der Waals surface area contributed by atoms with E-state index in [1.54, 1.807) is 18.3 Å². The zero-order valence-electron chi connectivity index (χ0n) is 9.55. The normalized spacial score (nSPS) is 10.4. The van der Waals surface area contributed by atoms with Crippen molar-refractivity contribution >= 4 is 0 Å². The second-order valence-corrected chi connectivity index (χ2v) is 3.42. The highest BCUT2D eigenvalue weighted by molar-refractivity contribution is 5.46. The van der Waals surface area contributed by atoms with E-state index in [1.807, 2.05) is 6.92 Å². The Hall–Kier alpha value is -2.08. The van der Waals surface area contributed by atoms with E-state index in [-0.39, 0.29) is 0 Å². The van der Waals surface area contributed by atoms with Gasteiger partial charge in [0.25, 0.3) is 0 Å². The Morgan fingerprint density at radius 2 is 2.35 bits per heavy atom. The maximum absolute atomic E-state index is 5.09. The van der Waals surface area contributed by atoms with E-state index in [1.165, 1.54) is 0 Å². The summed E-state index contributed by atoms with van der Waals surface area (Å²) in [6.45, 7) is 6.64. The van der Waals surface area contributed by atoms with Crippen LogP contribution < -0.4 is 5.32 Å². The second kappa shape index (κ2) is 5.31. The van der Waals surface area contributed by atoms with Gasteiger partial charge >= 0.3 is 0 Å². The Kier molecular flexibility index (Phi) is 3.56. The topological polar surface area (TPSA) is 76.7 Å². The van der Waals surface area contributed by atoms with Crippen molar-refractivity contribution in [3.8, 4) is 11.5 Å². The van der Waals surface area contributed by atoms with E-state index in [4.69, 9.17) is 4.52 Å². The van der Waals surface area contributed by atoms with Crippen molar-refractivity contribution in [2.24, 2.45) is 0 Å². The van der Waals surface area contributed by atoms with Crippen LogP contribution in [0.15, 0.2) is 29.4 Å². The number of nitrogens with zero attached hydrogens (tertiary/aromatic N) is 4. The average molecular weight is 231 g/mol. The van der Waals surface area contributed by atoms with Crippen molar-refractivity contribution in [3.05, 3.63) is 36.6 Å². The number of aromatic nitrogens is 4. The summed E-state index contributed by atoms with van der Waals surface area (Å²) < 4.78 is 5.09. The summed E-state index contributed by atoms with van der Waals surface area (Å²) in [5, 5.41) is 6.94. The highest BCUT2D eigenvalue weighted by atomic mass is 16.5. The lowest BCUT2D eigenvalue weighted by Gasteiger charge is -1.94. The second-order valence-electron chi connectivity index (χ2n) is 3.42. The molecule has 0 aromatic carbocycles. The first-order valence-corrected chi connectivity index (χ1v) is 5.24. The third-order valence-corrected chi connectivity index (χ3v) is 2.04. The summed E-state index contributed by atoms with van der Waals surface area (Å²) in [5.41, 5.74) is 0.663. The summed E-state index contributed by atoms with van der Waals surface area (Å²) in [6.07, 6.45) is 3.44. The maximum atomic E-state index is 5.09. The van der Waals surface area contributed by atoms with Crippen molar-refractivity contribution in [3.63, 3.8) is 0 Å². The van der Waals surface area contributed by atoms with Crippen molar-refractivity contribution < 1.29 is 4.52 Å². The van der Waals surface area contributed by atoms with Crippen molar-refractivity contribution in [2.45, 2.75) is 13.5 Å². The van der Waals surface area contributed by atoms with E-state index >= 15 is 0 Å². The van der Waals surface area contributed by atoms with E-state index in [9.17, 15) is 0 Å². The van der Waals surface area contributed by atoms with Gasteiger partial charge in [0.2, 0.25) is 11.7 Å². The van der Waals surface area contributed by atoms with Gasteiger partial charge in [-0.3, -0.25) is 0 Å². The molecule has 0 saturated carbocycles. The lowest BCUT2D eigenvalue weighted by molar-refractivity contribution is 0.370. The van der Waals surface area contributed by atoms with E-state index in [2.05, 4.69) is 32.0 Å². The Morgan fingerprint density at radius 1 is 1.47 bits per heavy atom. The van der Waals surface area contributed by atoms with Gasteiger partial charge in [-0.1, -0.05) is 11.2 Å². The standard InChI is InChI=1S/C11H13N5O/c1-3-5-12-7-10-15-11(16-17-10)9-4-6-13-8(2)14-9/h3-4,6,12H,1,5,7H2,2H3. The summed E-state index contributed by atoms with van der Waals surface area (Å²) in [6, 6.07) is 1.75. The van der Waals surface area contributed by atoms with Crippen LogP contribution in [-0.2, 0) is 6.54 Å². The van der Waals surface area contributed by atoms with Gasteiger partial charge in [0, 0.05) is 12.7 Å². The van der Waals surface area contributed by atoms with Crippen molar-refractivity contribution in [2.75, 3.05) is 6.54 Å². The molecule has 0 saturated heterocycles. The molecule has 0 unspecified atom stereocenters. The van der Waals surface area contributed by atoms with Crippen LogP contribution >= 0.6 is 0 Å². The molecular weight excluding hydrogens is 218 g/mol. The predicted molar refractivity (Wildman–Crippen MR) is 62.0 cm³/mol. The van der Waals surface area contributed by atoms with Gasteiger partial charge in [0.05, 0.1) is 6.54 Å². The fourth-order valence-corrected chi connectivity index (χ4v) is 1.29. The van der Waals surface area contributed by atoms with E-state index in [0.29, 0.717) is 36.3 Å². The van der Waals surface area contributed by atoms with Gasteiger partial charge in [-0.15, -0.1) is 6.58 Å². The smallest absolute Gasteiger partial charge is 0.240 e. The molecule has 0 radical (unpaired) electrons. The number of rotatable bonds is 5. The van der Waals surface area contributed by atoms with Gasteiger partial charge in [-0.05, 0) is 13.0 Å². The molecule has 17 heavy (non-hydrogen) atoms. The van der Waals surface area contributed by atoms with Crippen LogP contribution in [0.4, 0.5) is 0 Å². The highest BCUT2D eigenvalue weighted by Gasteiger charge is 2.09. The van der Waals surface area contributed by atoms with Gasteiger partial charge in [0.15, 0.2) is 0 Å². The van der Waals surface area contributed by atoms with Crippen LogP contribution in [0.3, 0.4) is 0 Å². The molecule has 2 rings (SSSR count). The molecule has 0 aliphatic carbocycles. The summed E-state index contributed by atoms with van der Waals surface area (Å²) >= 11 is 0. The first-order chi connectivity index (χ1) is 8.29. The van der Waals surface area contributed by atoms with Crippen LogP contribution in [0.2, 0.25) is 0 Å². The molecule has 2 aromatic rings. The van der Waals surface area contributed by atoms with Crippen LogP contribution in [0, 0.1) is 6.92 Å². The molecule has 0 aliphatic heterocycles. The third-order valence-electron chi connectivity index (χ3n) is 2.04. The summed E-state index contributed by atoms with van der Waals surface area (Å²) in [4.78, 5) is 12.5. The molecule has 1 N–H and O–H groups in total. The van der Waals surface area contributed by atoms with Crippen LogP contribution in [-0.4, -0.2) is 26.7 Å². The van der Waals surface area contributed by atoms with Crippen molar-refractivity contribution in [1.82, 2.24) is 25.4 Å². The van der Waals surface area contributed by atoms with E-state index < -0.39 is 0 Å². The minimum absolute atomic E-state index is 0.478. The highest BCUT2D eigenvalue weighted by Crippen LogP contribution is 2.11. The maximum Gasteiger partial charge on any atom is 0.240 e. The van der Waals surface area contributed by atoms with Gasteiger partial charge in [-0.25, -0.2) is 9.97 Å². The number of hydrogen-bond donors (Lipinski definition) is 1. The Labute approximate surface area is 98.8 Å². The molecule has 0 spiro atoms. The van der Waals surface area contributed by atoms with Gasteiger partial charge in [0.1, 0.15) is 11.5 Å². The molecule has 0 amide bonds. The van der Waals surface area contributed by atoms with Crippen LogP contribution in [0.25, 0.3) is 11.5 Å². The molecule has 0 aliphatic rings. The molecule has 0 bridgehead atoms. The van der Waals surface area contributed by atoms with Crippen LogP contribution in [0.5, 0.6) is 0 Å². The SMILES string of the molecule is C=CCNCc1nc(-c2ccnc(C)n2)no1. The number of aryl methyl sites for hydroxylation is 1. The van der Waals surface area contributed by atoms with Gasteiger partial charge < -0.3 is 9.84 Å². The molecule has 88 valence electrons. The summed E-state index contributed by atoms with van der Waals surface area (Å²) in [5.74, 6) is 1.68. The minimum Gasteiger partial charge on any atom is -0.337 e. The van der Waals surface area contributed by atoms with Crippen LogP contribution in [0.1, 0.15) is 11.7 Å². The Bertz CT molecular complexity index is 508. The lowest BCUT2D eigenvalue weighted by Crippen LogP contribution is -2.12. The molecule has 2 aromatic heterocycles. The molecule has 0 fully saturated rings.